The smallest absolute Gasteiger partial charge is 0.217 e. The van der Waals surface area contributed by atoms with Crippen molar-refractivity contribution in [1.82, 2.24) is 15.3 Å². The van der Waals surface area contributed by atoms with Gasteiger partial charge >= 0.3 is 0 Å². The monoisotopic (exact) mass is 304 g/mol. The summed E-state index contributed by atoms with van der Waals surface area (Å²) in [7, 11) is 0. The summed E-state index contributed by atoms with van der Waals surface area (Å²) in [5, 5.41) is 3.64. The molecule has 0 bridgehead atoms. The largest absolute Gasteiger partial charge is 0.353 e. The fraction of sp³-hybridized carbons (Fsp3) is 0.400. The molecule has 1 aromatic carbocycles. The van der Waals surface area contributed by atoms with Crippen LogP contribution in [-0.2, 0) is 4.79 Å². The Hall–Kier alpha value is -1.88. The Balaban J connectivity index is 1.82. The molecule has 1 aliphatic rings. The van der Waals surface area contributed by atoms with Crippen LogP contribution in [0, 0.1) is 0 Å². The third-order valence-corrected chi connectivity index (χ3v) is 3.88. The number of rotatable bonds is 2. The second kappa shape index (κ2) is 5.85. The number of fused-ring (bicyclic) bond motifs is 1. The molecule has 1 aromatic heterocycles. The van der Waals surface area contributed by atoms with E-state index in [-0.39, 0.29) is 11.9 Å². The molecule has 1 atom stereocenters. The zero-order valence-corrected chi connectivity index (χ0v) is 12.6. The molecule has 1 amide bonds. The lowest BCUT2D eigenvalue weighted by atomic mass is 10.1. The van der Waals surface area contributed by atoms with Gasteiger partial charge in [0, 0.05) is 31.1 Å². The zero-order valence-electron chi connectivity index (χ0n) is 11.8. The molecule has 0 radical (unpaired) electrons. The topological polar surface area (TPSA) is 58.1 Å². The van der Waals surface area contributed by atoms with Crippen LogP contribution in [-0.4, -0.2) is 35.0 Å². The fourth-order valence-electron chi connectivity index (χ4n) is 2.72. The van der Waals surface area contributed by atoms with E-state index in [1.54, 1.807) is 13.1 Å². The van der Waals surface area contributed by atoms with Crippen molar-refractivity contribution < 1.29 is 4.79 Å². The number of hydrogen-bond acceptors (Lipinski definition) is 4. The van der Waals surface area contributed by atoms with E-state index in [1.165, 1.54) is 0 Å². The van der Waals surface area contributed by atoms with Gasteiger partial charge in [-0.25, -0.2) is 4.98 Å². The van der Waals surface area contributed by atoms with Gasteiger partial charge in [0.2, 0.25) is 5.91 Å². The van der Waals surface area contributed by atoms with Gasteiger partial charge in [-0.1, -0.05) is 11.6 Å². The van der Waals surface area contributed by atoms with E-state index in [4.69, 9.17) is 11.6 Å². The summed E-state index contributed by atoms with van der Waals surface area (Å²) in [6.45, 7) is 3.26. The molecule has 5 nitrogen and oxygen atoms in total. The lowest BCUT2D eigenvalue weighted by molar-refractivity contribution is -0.119. The molecule has 2 heterocycles. The van der Waals surface area contributed by atoms with Crippen molar-refractivity contribution in [2.24, 2.45) is 0 Å². The molecular formula is C15H17ClN4O. The van der Waals surface area contributed by atoms with E-state index in [9.17, 15) is 4.79 Å². The summed E-state index contributed by atoms with van der Waals surface area (Å²) in [6.07, 6.45) is 3.81. The summed E-state index contributed by atoms with van der Waals surface area (Å²) in [4.78, 5) is 22.4. The molecule has 1 aliphatic heterocycles. The highest BCUT2D eigenvalue weighted by Crippen LogP contribution is 2.21. The van der Waals surface area contributed by atoms with Crippen molar-refractivity contribution >= 4 is 34.4 Å². The molecule has 21 heavy (non-hydrogen) atoms. The van der Waals surface area contributed by atoms with Crippen LogP contribution in [0.25, 0.3) is 11.0 Å². The first-order chi connectivity index (χ1) is 10.1. The SMILES string of the molecule is CC(=O)NC1CCCN(c2cnc3cc(Cl)ccc3n2)C1. The van der Waals surface area contributed by atoms with Crippen LogP contribution in [0.5, 0.6) is 0 Å². The van der Waals surface area contributed by atoms with Crippen LogP contribution >= 0.6 is 11.6 Å². The van der Waals surface area contributed by atoms with E-state index < -0.39 is 0 Å². The van der Waals surface area contributed by atoms with Crippen LogP contribution in [0.4, 0.5) is 5.82 Å². The van der Waals surface area contributed by atoms with Gasteiger partial charge < -0.3 is 10.2 Å². The molecular weight excluding hydrogens is 288 g/mol. The quantitative estimate of drug-likeness (QED) is 0.925. The minimum Gasteiger partial charge on any atom is -0.353 e. The Kier molecular flexibility index (Phi) is 3.92. The fourth-order valence-corrected chi connectivity index (χ4v) is 2.88. The molecule has 0 aliphatic carbocycles. The summed E-state index contributed by atoms with van der Waals surface area (Å²) in [5.74, 6) is 0.862. The van der Waals surface area contributed by atoms with Crippen molar-refractivity contribution in [1.29, 1.82) is 0 Å². The van der Waals surface area contributed by atoms with Crippen LogP contribution in [0.2, 0.25) is 5.02 Å². The molecule has 1 fully saturated rings. The Labute approximate surface area is 128 Å². The minimum atomic E-state index is 0.0149. The highest BCUT2D eigenvalue weighted by atomic mass is 35.5. The zero-order chi connectivity index (χ0) is 14.8. The number of carbonyl (C=O) groups excluding carboxylic acids is 1. The Bertz CT molecular complexity index is 676. The van der Waals surface area contributed by atoms with Gasteiger partial charge in [-0.3, -0.25) is 9.78 Å². The van der Waals surface area contributed by atoms with Gasteiger partial charge in [-0.15, -0.1) is 0 Å². The summed E-state index contributed by atoms with van der Waals surface area (Å²) in [6, 6.07) is 5.69. The highest BCUT2D eigenvalue weighted by Gasteiger charge is 2.21. The first kappa shape index (κ1) is 14.1. The van der Waals surface area contributed by atoms with Crippen LogP contribution < -0.4 is 10.2 Å². The molecule has 0 spiro atoms. The standard InChI is InChI=1S/C15H17ClN4O/c1-10(21)18-12-3-2-6-20(9-12)15-8-17-14-7-11(16)4-5-13(14)19-15/h4-5,7-8,12H,2-3,6,9H2,1H3,(H,18,21). The van der Waals surface area contributed by atoms with Crippen molar-refractivity contribution in [3.63, 3.8) is 0 Å². The number of nitrogens with zero attached hydrogens (tertiary/aromatic N) is 3. The van der Waals surface area contributed by atoms with Gasteiger partial charge in [0.15, 0.2) is 0 Å². The Morgan fingerprint density at radius 3 is 3.10 bits per heavy atom. The minimum absolute atomic E-state index is 0.0149. The third kappa shape index (κ3) is 3.24. The van der Waals surface area contributed by atoms with Gasteiger partial charge in [0.25, 0.3) is 0 Å². The average Bonchev–Trinajstić information content (AvgIpc) is 2.46. The predicted octanol–water partition coefficient (Wildman–Crippen LogP) is 2.39. The second-order valence-corrected chi connectivity index (χ2v) is 5.78. The van der Waals surface area contributed by atoms with E-state index >= 15 is 0 Å². The summed E-state index contributed by atoms with van der Waals surface area (Å²) >= 11 is 5.96. The van der Waals surface area contributed by atoms with Gasteiger partial charge in [-0.2, -0.15) is 0 Å². The van der Waals surface area contributed by atoms with E-state index in [2.05, 4.69) is 20.2 Å². The first-order valence-corrected chi connectivity index (χ1v) is 7.44. The van der Waals surface area contributed by atoms with Gasteiger partial charge in [-0.05, 0) is 31.0 Å². The Morgan fingerprint density at radius 1 is 1.43 bits per heavy atom. The predicted molar refractivity (Wildman–Crippen MR) is 83.6 cm³/mol. The number of piperidine rings is 1. The Morgan fingerprint density at radius 2 is 2.29 bits per heavy atom. The number of halogens is 1. The normalized spacial score (nSPS) is 18.8. The highest BCUT2D eigenvalue weighted by molar-refractivity contribution is 6.31. The lowest BCUT2D eigenvalue weighted by Crippen LogP contribution is -2.47. The second-order valence-electron chi connectivity index (χ2n) is 5.35. The molecule has 1 unspecified atom stereocenters. The first-order valence-electron chi connectivity index (χ1n) is 7.06. The number of aromatic nitrogens is 2. The number of amides is 1. The van der Waals surface area contributed by atoms with Crippen LogP contribution in [0.1, 0.15) is 19.8 Å². The van der Waals surface area contributed by atoms with Crippen LogP contribution in [0.15, 0.2) is 24.4 Å². The average molecular weight is 305 g/mol. The maximum Gasteiger partial charge on any atom is 0.217 e. The molecule has 110 valence electrons. The van der Waals surface area contributed by atoms with Gasteiger partial charge in [0.05, 0.1) is 17.2 Å². The van der Waals surface area contributed by atoms with E-state index in [0.717, 1.165) is 42.8 Å². The number of benzene rings is 1. The molecule has 0 saturated carbocycles. The lowest BCUT2D eigenvalue weighted by Gasteiger charge is -2.33. The number of hydrogen-bond donors (Lipinski definition) is 1. The molecule has 6 heteroatoms. The molecule has 1 N–H and O–H groups in total. The number of nitrogens with one attached hydrogen (secondary N) is 1. The third-order valence-electron chi connectivity index (χ3n) is 3.64. The van der Waals surface area contributed by atoms with E-state index in [1.807, 2.05) is 18.2 Å². The van der Waals surface area contributed by atoms with Crippen LogP contribution in [0.3, 0.4) is 0 Å². The van der Waals surface area contributed by atoms with Gasteiger partial charge in [0.1, 0.15) is 5.82 Å². The molecule has 1 saturated heterocycles. The van der Waals surface area contributed by atoms with Crippen molar-refractivity contribution in [3.05, 3.63) is 29.4 Å². The molecule has 2 aromatic rings. The van der Waals surface area contributed by atoms with Crippen molar-refractivity contribution in [2.45, 2.75) is 25.8 Å². The maximum absolute atomic E-state index is 11.2. The summed E-state index contributed by atoms with van der Waals surface area (Å²) < 4.78 is 0. The number of anilines is 1. The van der Waals surface area contributed by atoms with E-state index in [0.29, 0.717) is 5.02 Å². The summed E-state index contributed by atoms with van der Waals surface area (Å²) in [5.41, 5.74) is 1.63. The molecule has 3 rings (SSSR count). The number of carbonyl (C=O) groups is 1. The maximum atomic E-state index is 11.2. The van der Waals surface area contributed by atoms with Crippen molar-refractivity contribution in [2.75, 3.05) is 18.0 Å². The van der Waals surface area contributed by atoms with Crippen molar-refractivity contribution in [3.8, 4) is 0 Å².